The molecule has 1 aromatic carbocycles. The minimum atomic E-state index is 0.0396. The fraction of sp³-hybridized carbons (Fsp3) is 0.278. The van der Waals surface area contributed by atoms with Crippen LogP contribution >= 0.6 is 22.9 Å². The molecule has 1 aliphatic heterocycles. The monoisotopic (exact) mass is 372 g/mol. The number of carbonyl (C=O) groups excluding carboxylic acids is 1. The molecule has 1 aliphatic rings. The number of nitrogens with zero attached hydrogens (tertiary/aromatic N) is 3. The molecule has 0 spiro atoms. The van der Waals surface area contributed by atoms with Crippen LogP contribution in [-0.4, -0.2) is 33.9 Å². The molecule has 1 N–H and O–H groups in total. The summed E-state index contributed by atoms with van der Waals surface area (Å²) in [5, 5.41) is 5.06. The smallest absolute Gasteiger partial charge is 0.254 e. The molecule has 25 heavy (non-hydrogen) atoms. The quantitative estimate of drug-likeness (QED) is 0.755. The van der Waals surface area contributed by atoms with Crippen molar-refractivity contribution in [3.05, 3.63) is 51.6 Å². The van der Waals surface area contributed by atoms with E-state index in [1.807, 2.05) is 4.90 Å². The van der Waals surface area contributed by atoms with Crippen LogP contribution in [0.1, 0.15) is 27.7 Å². The van der Waals surface area contributed by atoms with Crippen molar-refractivity contribution >= 4 is 44.9 Å². The Morgan fingerprint density at radius 1 is 1.32 bits per heavy atom. The van der Waals surface area contributed by atoms with Crippen molar-refractivity contribution < 1.29 is 4.79 Å². The van der Waals surface area contributed by atoms with Crippen LogP contribution in [-0.2, 0) is 13.0 Å². The number of anilines is 1. The standard InChI is InChI=1S/C18H17ClN4OS/c1-2-20-16-15-13-7-8-23(9-14(13)25-17(15)22-10-21-16)18(24)11-3-5-12(19)6-4-11/h3-6,10H,2,7-9H2,1H3,(H,20,21,22). The Hall–Kier alpha value is -2.18. The molecule has 0 saturated carbocycles. The summed E-state index contributed by atoms with van der Waals surface area (Å²) < 4.78 is 0. The fourth-order valence-corrected chi connectivity index (χ4v) is 4.51. The Bertz CT molecular complexity index is 938. The van der Waals surface area contributed by atoms with E-state index in [0.717, 1.165) is 29.0 Å². The van der Waals surface area contributed by atoms with Gasteiger partial charge in [0.05, 0.1) is 11.9 Å². The van der Waals surface area contributed by atoms with E-state index < -0.39 is 0 Å². The highest BCUT2D eigenvalue weighted by atomic mass is 35.5. The lowest BCUT2D eigenvalue weighted by Gasteiger charge is -2.27. The van der Waals surface area contributed by atoms with E-state index in [0.29, 0.717) is 23.7 Å². The van der Waals surface area contributed by atoms with Crippen molar-refractivity contribution in [1.82, 2.24) is 14.9 Å². The molecule has 2 aromatic heterocycles. The highest BCUT2D eigenvalue weighted by Crippen LogP contribution is 2.37. The second kappa shape index (κ2) is 6.61. The summed E-state index contributed by atoms with van der Waals surface area (Å²) in [6, 6.07) is 7.06. The molecule has 128 valence electrons. The van der Waals surface area contributed by atoms with Crippen molar-refractivity contribution in [2.24, 2.45) is 0 Å². The molecule has 7 heteroatoms. The molecule has 1 amide bonds. The number of hydrogen-bond acceptors (Lipinski definition) is 5. The second-order valence-corrected chi connectivity index (χ2v) is 7.44. The van der Waals surface area contributed by atoms with Crippen molar-refractivity contribution in [1.29, 1.82) is 0 Å². The number of hydrogen-bond donors (Lipinski definition) is 1. The van der Waals surface area contributed by atoms with Gasteiger partial charge in [-0.1, -0.05) is 11.6 Å². The Kier molecular flexibility index (Phi) is 4.31. The van der Waals surface area contributed by atoms with E-state index in [1.54, 1.807) is 41.9 Å². The minimum Gasteiger partial charge on any atom is -0.370 e. The van der Waals surface area contributed by atoms with Gasteiger partial charge in [0, 0.05) is 28.6 Å². The van der Waals surface area contributed by atoms with Crippen molar-refractivity contribution in [3.63, 3.8) is 0 Å². The highest BCUT2D eigenvalue weighted by Gasteiger charge is 2.26. The van der Waals surface area contributed by atoms with Gasteiger partial charge in [-0.2, -0.15) is 0 Å². The van der Waals surface area contributed by atoms with Gasteiger partial charge in [0.15, 0.2) is 0 Å². The van der Waals surface area contributed by atoms with Crippen LogP contribution in [0.2, 0.25) is 5.02 Å². The molecule has 0 aliphatic carbocycles. The minimum absolute atomic E-state index is 0.0396. The number of aromatic nitrogens is 2. The number of carbonyl (C=O) groups is 1. The predicted octanol–water partition coefficient (Wildman–Crippen LogP) is 3.98. The summed E-state index contributed by atoms with van der Waals surface area (Å²) in [6.07, 6.45) is 2.42. The zero-order valence-corrected chi connectivity index (χ0v) is 15.3. The van der Waals surface area contributed by atoms with E-state index in [9.17, 15) is 4.79 Å². The summed E-state index contributed by atoms with van der Waals surface area (Å²) in [7, 11) is 0. The summed E-state index contributed by atoms with van der Waals surface area (Å²) in [5.41, 5.74) is 1.94. The maximum absolute atomic E-state index is 12.8. The zero-order valence-electron chi connectivity index (χ0n) is 13.8. The number of thiophene rings is 1. The van der Waals surface area contributed by atoms with E-state index in [1.165, 1.54) is 10.4 Å². The number of nitrogens with one attached hydrogen (secondary N) is 1. The third kappa shape index (κ3) is 2.96. The van der Waals surface area contributed by atoms with Gasteiger partial charge in [-0.3, -0.25) is 4.79 Å². The van der Waals surface area contributed by atoms with Crippen molar-refractivity contribution in [2.75, 3.05) is 18.4 Å². The first-order valence-corrected chi connectivity index (χ1v) is 9.40. The van der Waals surface area contributed by atoms with Crippen LogP contribution in [0.4, 0.5) is 5.82 Å². The van der Waals surface area contributed by atoms with E-state index in [4.69, 9.17) is 11.6 Å². The zero-order chi connectivity index (χ0) is 17.4. The summed E-state index contributed by atoms with van der Waals surface area (Å²) >= 11 is 7.57. The molecule has 0 saturated heterocycles. The molecule has 0 radical (unpaired) electrons. The Morgan fingerprint density at radius 2 is 2.12 bits per heavy atom. The Labute approximate surface area is 154 Å². The van der Waals surface area contributed by atoms with Gasteiger partial charge in [-0.25, -0.2) is 9.97 Å². The number of amides is 1. The third-order valence-corrected chi connectivity index (χ3v) is 5.74. The third-order valence-electron chi connectivity index (χ3n) is 4.36. The van der Waals surface area contributed by atoms with E-state index in [2.05, 4.69) is 22.2 Å². The van der Waals surface area contributed by atoms with Crippen molar-refractivity contribution in [3.8, 4) is 0 Å². The first-order valence-electron chi connectivity index (χ1n) is 8.21. The van der Waals surface area contributed by atoms with Gasteiger partial charge in [0.2, 0.25) is 0 Å². The lowest BCUT2D eigenvalue weighted by molar-refractivity contribution is 0.0737. The normalized spacial score (nSPS) is 13.8. The van der Waals surface area contributed by atoms with Crippen LogP contribution in [0.25, 0.3) is 10.2 Å². The largest absolute Gasteiger partial charge is 0.370 e. The molecule has 3 aromatic rings. The molecule has 5 nitrogen and oxygen atoms in total. The van der Waals surface area contributed by atoms with Gasteiger partial charge in [0.25, 0.3) is 5.91 Å². The molecule has 0 unspecified atom stereocenters. The number of rotatable bonds is 3. The van der Waals surface area contributed by atoms with Crippen LogP contribution in [0.15, 0.2) is 30.6 Å². The lowest BCUT2D eigenvalue weighted by Crippen LogP contribution is -2.35. The Balaban J connectivity index is 1.65. The second-order valence-electron chi connectivity index (χ2n) is 5.92. The molecular formula is C18H17ClN4OS. The number of benzene rings is 1. The predicted molar refractivity (Wildman–Crippen MR) is 101 cm³/mol. The van der Waals surface area contributed by atoms with Gasteiger partial charge in [0.1, 0.15) is 17.0 Å². The van der Waals surface area contributed by atoms with Crippen LogP contribution in [0.3, 0.4) is 0 Å². The molecule has 0 fully saturated rings. The topological polar surface area (TPSA) is 58.1 Å². The molecule has 4 rings (SSSR count). The molecular weight excluding hydrogens is 356 g/mol. The van der Waals surface area contributed by atoms with Gasteiger partial charge < -0.3 is 10.2 Å². The molecule has 0 bridgehead atoms. The van der Waals surface area contributed by atoms with Gasteiger partial charge in [-0.05, 0) is 43.2 Å². The van der Waals surface area contributed by atoms with Gasteiger partial charge >= 0.3 is 0 Å². The summed E-state index contributed by atoms with van der Waals surface area (Å²) in [6.45, 7) is 4.18. The SMILES string of the molecule is CCNc1ncnc2sc3c(c12)CCN(C(=O)c1ccc(Cl)cc1)C3. The van der Waals surface area contributed by atoms with E-state index >= 15 is 0 Å². The molecule has 0 atom stereocenters. The first kappa shape index (κ1) is 16.3. The van der Waals surface area contributed by atoms with Crippen LogP contribution in [0.5, 0.6) is 0 Å². The maximum Gasteiger partial charge on any atom is 0.254 e. The maximum atomic E-state index is 12.8. The van der Waals surface area contributed by atoms with E-state index in [-0.39, 0.29) is 5.91 Å². The summed E-state index contributed by atoms with van der Waals surface area (Å²) in [4.78, 5) is 25.6. The van der Waals surface area contributed by atoms with Crippen molar-refractivity contribution in [2.45, 2.75) is 19.9 Å². The molecule has 3 heterocycles. The van der Waals surface area contributed by atoms with Crippen LogP contribution in [0, 0.1) is 0 Å². The van der Waals surface area contributed by atoms with Crippen LogP contribution < -0.4 is 5.32 Å². The Morgan fingerprint density at radius 3 is 2.88 bits per heavy atom. The highest BCUT2D eigenvalue weighted by molar-refractivity contribution is 7.19. The average Bonchev–Trinajstić information content (AvgIpc) is 3.00. The first-order chi connectivity index (χ1) is 12.2. The average molecular weight is 373 g/mol. The fourth-order valence-electron chi connectivity index (χ4n) is 3.18. The number of halogens is 1. The summed E-state index contributed by atoms with van der Waals surface area (Å²) in [5.74, 6) is 0.931. The van der Waals surface area contributed by atoms with Gasteiger partial charge in [-0.15, -0.1) is 11.3 Å². The lowest BCUT2D eigenvalue weighted by atomic mass is 10.0. The number of fused-ring (bicyclic) bond motifs is 3.